The Kier molecular flexibility index (Phi) is 34.7. The molecule has 4 heterocycles. The first-order valence-corrected chi connectivity index (χ1v) is 35.6. The summed E-state index contributed by atoms with van der Waals surface area (Å²) in [6.45, 7) is 6.66. The molecule has 0 saturated carbocycles. The van der Waals surface area contributed by atoms with Crippen LogP contribution in [0.2, 0.25) is 0 Å². The molecule has 0 aromatic carbocycles. The molecule has 58 heteroatoms. The Hall–Kier alpha value is -10.7. The first-order chi connectivity index (χ1) is 48.6. The van der Waals surface area contributed by atoms with Crippen LogP contribution in [0.5, 0.6) is 0 Å². The maximum atomic E-state index is 12.2. The zero-order chi connectivity index (χ0) is 82.3. The largest absolute Gasteiger partial charge is 0.492 e. The van der Waals surface area contributed by atoms with E-state index < -0.39 is 299 Å². The fourth-order valence-electron chi connectivity index (χ4n) is 8.26. The van der Waals surface area contributed by atoms with E-state index in [2.05, 4.69) is 19.5 Å². The molecule has 8 atom stereocenters. The number of nitrogens with zero attached hydrogens (tertiary/aromatic N) is 12. The topological polar surface area (TPSA) is 763 Å². The lowest BCUT2D eigenvalue weighted by Gasteiger charge is -2.35. The van der Waals surface area contributed by atoms with Crippen molar-refractivity contribution in [2.75, 3.05) is 119 Å². The average molecular weight is 1610 g/mol. The Bertz CT molecular complexity index is 3460. The molecule has 4 rings (SSSR count). The highest BCUT2D eigenvalue weighted by Gasteiger charge is 2.70. The summed E-state index contributed by atoms with van der Waals surface area (Å²) in [5.41, 5.74) is -6.12. The molecule has 4 fully saturated rings. The Morgan fingerprint density at radius 2 is 0.642 bits per heavy atom. The van der Waals surface area contributed by atoms with Crippen LogP contribution in [0.3, 0.4) is 0 Å². The number of rotatable bonds is 33. The molecule has 0 radical (unpaired) electrons. The third kappa shape index (κ3) is 27.1. The molecule has 4 aliphatic heterocycles. The van der Waals surface area contributed by atoms with E-state index in [1.165, 1.54) is 6.92 Å². The van der Waals surface area contributed by atoms with Gasteiger partial charge in [0, 0.05) is 49.0 Å². The van der Waals surface area contributed by atoms with Crippen molar-refractivity contribution in [2.24, 2.45) is 5.73 Å². The number of carboxylic acids is 2. The van der Waals surface area contributed by atoms with Gasteiger partial charge in [0.1, 0.15) is 97.8 Å². The van der Waals surface area contributed by atoms with Gasteiger partial charge in [0.2, 0.25) is 23.6 Å². The number of carbonyl (C=O) groups excluding carboxylic acids is 9. The van der Waals surface area contributed by atoms with Crippen LogP contribution in [0.4, 0.5) is 14.4 Å². The molecular weight excluding hydrogens is 1540 g/mol. The van der Waals surface area contributed by atoms with E-state index >= 15 is 0 Å². The molecule has 106 heavy (non-hydrogen) atoms. The number of esters is 2. The van der Waals surface area contributed by atoms with Crippen molar-refractivity contribution < 1.29 is 143 Å². The molecule has 598 valence electrons. The number of aliphatic carboxylic acids is 2. The second-order valence-corrected chi connectivity index (χ2v) is 30.4. The third-order valence-corrected chi connectivity index (χ3v) is 19.0. The number of nitrogens with two attached hydrogens (primary N) is 1. The summed E-state index contributed by atoms with van der Waals surface area (Å²) in [7, 11) is -6.82. The molecule has 54 nitrogen and oxygen atoms in total. The first-order valence-electron chi connectivity index (χ1n) is 29.6. The van der Waals surface area contributed by atoms with Crippen molar-refractivity contribution in [3.05, 3.63) is 80.9 Å². The maximum Gasteiger partial charge on any atom is 0.492 e. The van der Waals surface area contributed by atoms with Crippen molar-refractivity contribution in [2.45, 2.75) is 113 Å². The number of nitrogens with one attached hydrogen (secondary N) is 3. The molecule has 0 aromatic rings. The molecule has 0 bridgehead atoms. The van der Waals surface area contributed by atoms with E-state index in [4.69, 9.17) is 25.4 Å². The Morgan fingerprint density at radius 3 is 0.858 bits per heavy atom. The number of carbonyl (C=O) groups is 11. The summed E-state index contributed by atoms with van der Waals surface area (Å²) in [4.78, 5) is 209. The lowest BCUT2D eigenvalue weighted by Crippen LogP contribution is -2.71. The molecule has 0 spiro atoms. The van der Waals surface area contributed by atoms with Gasteiger partial charge in [-0.3, -0.25) is 122 Å². The van der Waals surface area contributed by atoms with Crippen molar-refractivity contribution in [1.29, 1.82) is 0 Å². The summed E-state index contributed by atoms with van der Waals surface area (Å²) >= 11 is 0. The normalized spacial score (nSPS) is 17.6. The SMILES string of the molecule is CC(C)(C)OC(=O)N[C@@H](CS(=O)CC(=O)N1CC([N+](=O)[O-])([N+](=O)[O-])C1)C(=O)O.CCOC(=O)N[C@@H](CS(=O)CC(=O)N1CC([N+](=O)[O-])([N+](=O)[O-])C1)C(=O)O.CCOC(=O)[C@@H](N)CS(=O)CC(=O)N1CC([N+](=O)[O-])([N+](=O)[O-])C1.COC(=O)[C@H](CS(=O)CC(=O)N1CC([N+](=O)[O-])([N+](=O)[O-])C1)NC(=O)OC(C)(C)C. The van der Waals surface area contributed by atoms with E-state index in [-0.39, 0.29) is 19.0 Å². The molecule has 0 aliphatic carbocycles. The summed E-state index contributed by atoms with van der Waals surface area (Å²) in [6, 6.07) is -5.69. The van der Waals surface area contributed by atoms with Crippen LogP contribution in [-0.2, 0) is 105 Å². The van der Waals surface area contributed by atoms with Crippen LogP contribution >= 0.6 is 0 Å². The minimum atomic E-state index is -2.49. The number of alkyl carbamates (subject to hydrolysis) is 3. The zero-order valence-corrected chi connectivity index (χ0v) is 60.5. The highest BCUT2D eigenvalue weighted by Crippen LogP contribution is 2.29. The molecule has 4 unspecified atom stereocenters. The monoisotopic (exact) mass is 1610 g/mol. The number of amides is 7. The van der Waals surface area contributed by atoms with Gasteiger partial charge in [-0.15, -0.1) is 0 Å². The molecule has 0 aromatic heterocycles. The first kappa shape index (κ1) is 93.3. The van der Waals surface area contributed by atoms with Crippen LogP contribution in [0.1, 0.15) is 55.4 Å². The van der Waals surface area contributed by atoms with Gasteiger partial charge in [0.05, 0.1) is 37.6 Å². The van der Waals surface area contributed by atoms with Crippen LogP contribution < -0.4 is 21.7 Å². The van der Waals surface area contributed by atoms with E-state index in [9.17, 15) is 150 Å². The second kappa shape index (κ2) is 39.4. The predicted octanol–water partition coefficient (Wildman–Crippen LogP) is -6.56. The van der Waals surface area contributed by atoms with Crippen LogP contribution in [-0.4, -0.2) is 329 Å². The van der Waals surface area contributed by atoms with Gasteiger partial charge >= 0.3 is 64.8 Å². The number of hydrogen-bond acceptors (Lipinski definition) is 37. The van der Waals surface area contributed by atoms with Gasteiger partial charge in [-0.2, -0.15) is 0 Å². The molecule has 4 saturated heterocycles. The fourth-order valence-corrected chi connectivity index (χ4v) is 12.9. The molecule has 7 N–H and O–H groups in total. The summed E-state index contributed by atoms with van der Waals surface area (Å²) in [6.07, 6.45) is -3.04. The van der Waals surface area contributed by atoms with Crippen molar-refractivity contribution in [3.63, 3.8) is 0 Å². The third-order valence-electron chi connectivity index (χ3n) is 13.9. The highest BCUT2D eigenvalue weighted by atomic mass is 32.2. The fraction of sp³-hybridized carbons (Fsp3) is 0.771. The quantitative estimate of drug-likeness (QED) is 0.0117. The van der Waals surface area contributed by atoms with E-state index in [0.29, 0.717) is 0 Å². The van der Waals surface area contributed by atoms with Gasteiger partial charge in [0.15, 0.2) is 52.4 Å². The number of ether oxygens (including phenoxy) is 5. The second-order valence-electron chi connectivity index (χ2n) is 24.4. The van der Waals surface area contributed by atoms with Gasteiger partial charge < -0.3 is 75.2 Å². The van der Waals surface area contributed by atoms with Crippen molar-refractivity contribution in [1.82, 2.24) is 35.6 Å². The van der Waals surface area contributed by atoms with Gasteiger partial charge in [0.25, 0.3) is 0 Å². The number of methoxy groups -OCH3 is 1. The lowest BCUT2D eigenvalue weighted by molar-refractivity contribution is -0.809. The van der Waals surface area contributed by atoms with Gasteiger partial charge in [-0.1, -0.05) is 0 Å². The molecular formula is C48H74N16O38S4. The standard InChI is InChI=1S/C14H22N4O10S.C13H20N4O10S.C11H16N4O10S.C10H16N4O8S/c1-13(2,3)28-12(21)15-9(11(20)27-4)5-29(26)6-10(19)16-7-14(8-16,17(22)23)18(24)25;1-12(2,3)27-11(21)14-8(10(19)20)4-28(26)5-9(18)15-6-13(7-15,16(22)23)17(24)25;1-2-25-10(19)12-7(9(17)18)3-26(24)4-8(16)13-5-11(6-13,14(20)21)15(22)23;1-2-22-9(16)7(11)3-23(21)4-8(15)12-5-10(6-12,13(17)18)14(19)20/h9H,5-8H2,1-4H3,(H,15,21);8H,4-7H2,1-3H3,(H,14,21)(H,19,20);7H,2-6H2,1H3,(H,12,19)(H,17,18);7H,2-6,11H2,1H3/t9-,29?;8-,28?;7-,26?;7-,23?/m0000/s1. The van der Waals surface area contributed by atoms with Crippen molar-refractivity contribution >= 4 is 109 Å². The summed E-state index contributed by atoms with van der Waals surface area (Å²) in [5, 5.41) is 111. The van der Waals surface area contributed by atoms with E-state index in [1.54, 1.807) is 48.5 Å². The van der Waals surface area contributed by atoms with Crippen LogP contribution in [0.25, 0.3) is 0 Å². The Morgan fingerprint density at radius 1 is 0.415 bits per heavy atom. The molecule has 7 amide bonds. The van der Waals surface area contributed by atoms with Crippen molar-refractivity contribution in [3.8, 4) is 0 Å². The highest BCUT2D eigenvalue weighted by molar-refractivity contribution is 7.86. The Balaban J connectivity index is 0.000000709. The summed E-state index contributed by atoms with van der Waals surface area (Å²) < 4.78 is 71.5. The minimum absolute atomic E-state index is 0.0106. The number of likely N-dealkylation sites (tertiary alicyclic amines) is 4. The number of hydrogen-bond donors (Lipinski definition) is 6. The van der Waals surface area contributed by atoms with Crippen LogP contribution in [0, 0.1) is 80.9 Å². The van der Waals surface area contributed by atoms with Gasteiger partial charge in [-0.25, -0.2) is 28.8 Å². The predicted molar refractivity (Wildman–Crippen MR) is 347 cm³/mol. The maximum absolute atomic E-state index is 12.2. The summed E-state index contributed by atoms with van der Waals surface area (Å²) in [5.74, 6) is -12.5. The molecule has 4 aliphatic rings. The zero-order valence-electron chi connectivity index (χ0n) is 57.2. The van der Waals surface area contributed by atoms with Gasteiger partial charge in [-0.05, 0) is 55.4 Å². The Labute approximate surface area is 604 Å². The lowest BCUT2D eigenvalue weighted by atomic mass is 10.0. The number of nitro groups is 8. The minimum Gasteiger partial charge on any atom is -0.480 e. The van der Waals surface area contributed by atoms with E-state index in [0.717, 1.165) is 26.7 Å². The number of carboxylic acid groups (broad SMARTS) is 2. The smallest absolute Gasteiger partial charge is 0.480 e. The average Bonchev–Trinajstić information content (AvgIpc) is 0.777. The van der Waals surface area contributed by atoms with Crippen LogP contribution in [0.15, 0.2) is 0 Å². The van der Waals surface area contributed by atoms with E-state index in [1.807, 2.05) is 10.6 Å².